The van der Waals surface area contributed by atoms with Gasteiger partial charge in [-0.05, 0) is 44.4 Å². The quantitative estimate of drug-likeness (QED) is 0.108. The first-order valence-electron chi connectivity index (χ1n) is 15.4. The molecule has 4 N–H and O–H groups in total. The maximum absolute atomic E-state index is 12.1. The second-order valence-corrected chi connectivity index (χ2v) is 11.2. The molecule has 1 fully saturated rings. The summed E-state index contributed by atoms with van der Waals surface area (Å²) in [5.74, 6) is -1.44. The van der Waals surface area contributed by atoms with Gasteiger partial charge in [0.2, 0.25) is 11.8 Å². The highest BCUT2D eigenvalue weighted by Gasteiger charge is 2.26. The van der Waals surface area contributed by atoms with Gasteiger partial charge in [-0.2, -0.15) is 0 Å². The van der Waals surface area contributed by atoms with Crippen LogP contribution in [0, 0.1) is 11.8 Å². The van der Waals surface area contributed by atoms with E-state index in [1.807, 2.05) is 0 Å². The minimum absolute atomic E-state index is 0.105. The first-order chi connectivity index (χ1) is 18.4. The van der Waals surface area contributed by atoms with Crippen molar-refractivity contribution in [3.63, 3.8) is 0 Å². The Morgan fingerprint density at radius 3 is 1.37 bits per heavy atom. The van der Waals surface area contributed by atoms with Gasteiger partial charge in [-0.25, -0.2) is 0 Å². The molecular formula is C30H54N2O6. The monoisotopic (exact) mass is 538 g/mol. The van der Waals surface area contributed by atoms with Crippen molar-refractivity contribution in [1.82, 2.24) is 10.6 Å². The summed E-state index contributed by atoms with van der Waals surface area (Å²) in [7, 11) is 0. The summed E-state index contributed by atoms with van der Waals surface area (Å²) < 4.78 is 0. The van der Waals surface area contributed by atoms with E-state index in [1.165, 1.54) is 77.0 Å². The average Bonchev–Trinajstić information content (AvgIpc) is 2.90. The highest BCUT2D eigenvalue weighted by molar-refractivity contribution is 5.82. The maximum Gasteiger partial charge on any atom is 0.322 e. The first-order valence-corrected chi connectivity index (χ1v) is 15.4. The molecule has 220 valence electrons. The van der Waals surface area contributed by atoms with E-state index in [1.54, 1.807) is 0 Å². The zero-order valence-corrected chi connectivity index (χ0v) is 23.7. The van der Waals surface area contributed by atoms with E-state index < -0.39 is 11.9 Å². The van der Waals surface area contributed by atoms with E-state index >= 15 is 0 Å². The van der Waals surface area contributed by atoms with Crippen LogP contribution in [-0.4, -0.2) is 47.1 Å². The molecule has 0 spiro atoms. The minimum atomic E-state index is -1.02. The van der Waals surface area contributed by atoms with E-state index in [4.69, 9.17) is 10.2 Å². The van der Waals surface area contributed by atoms with E-state index in [-0.39, 0.29) is 24.3 Å². The highest BCUT2D eigenvalue weighted by atomic mass is 16.4. The van der Waals surface area contributed by atoms with Crippen LogP contribution in [0.25, 0.3) is 0 Å². The number of carboxylic acids is 2. The summed E-state index contributed by atoms with van der Waals surface area (Å²) >= 11 is 0. The number of unbranched alkanes of at least 4 members (excludes halogenated alkanes) is 15. The summed E-state index contributed by atoms with van der Waals surface area (Å²) in [6, 6.07) is 0. The summed E-state index contributed by atoms with van der Waals surface area (Å²) in [5.41, 5.74) is 0. The average molecular weight is 539 g/mol. The zero-order chi connectivity index (χ0) is 27.8. The van der Waals surface area contributed by atoms with E-state index in [0.717, 1.165) is 51.4 Å². The summed E-state index contributed by atoms with van der Waals surface area (Å²) in [4.78, 5) is 45.1. The van der Waals surface area contributed by atoms with Crippen LogP contribution in [0.2, 0.25) is 0 Å². The number of hydrogen-bond acceptors (Lipinski definition) is 4. The molecule has 1 aliphatic rings. The van der Waals surface area contributed by atoms with Gasteiger partial charge >= 0.3 is 11.9 Å². The van der Waals surface area contributed by atoms with Gasteiger partial charge in [-0.15, -0.1) is 0 Å². The Hall–Kier alpha value is -2.12. The van der Waals surface area contributed by atoms with Crippen LogP contribution in [0.5, 0.6) is 0 Å². The largest absolute Gasteiger partial charge is 0.481 e. The Morgan fingerprint density at radius 2 is 0.947 bits per heavy atom. The molecule has 0 bridgehead atoms. The fraction of sp³-hybridized carbons (Fsp3) is 0.867. The van der Waals surface area contributed by atoms with Crippen molar-refractivity contribution in [2.45, 2.75) is 141 Å². The molecule has 0 aliphatic heterocycles. The molecule has 2 amide bonds. The molecule has 1 saturated carbocycles. The fourth-order valence-corrected chi connectivity index (χ4v) is 5.32. The standard InChI is InChI=1S/C30H54N2O6/c33-27(31-23-25-19-21-26(22-20-25)30(38)32-24-29(36)37)17-15-13-11-9-7-5-3-1-2-4-6-8-10-12-14-16-18-28(34)35/h25-26H,1-24H2,(H,31,33)(H,32,38)(H,34,35)(H,36,37)/t25-,26-. The van der Waals surface area contributed by atoms with Gasteiger partial charge in [0.15, 0.2) is 0 Å². The highest BCUT2D eigenvalue weighted by Crippen LogP contribution is 2.28. The Morgan fingerprint density at radius 1 is 0.526 bits per heavy atom. The van der Waals surface area contributed by atoms with Crippen LogP contribution in [0.4, 0.5) is 0 Å². The molecule has 38 heavy (non-hydrogen) atoms. The van der Waals surface area contributed by atoms with Crippen LogP contribution in [0.3, 0.4) is 0 Å². The van der Waals surface area contributed by atoms with Gasteiger partial charge in [0.05, 0.1) is 0 Å². The number of nitrogens with one attached hydrogen (secondary N) is 2. The SMILES string of the molecule is O=C(O)CCCCCCCCCCCCCCCCCCC(=O)NC[C@H]1CC[C@H](C(=O)NCC(=O)O)CC1. The summed E-state index contributed by atoms with van der Waals surface area (Å²) in [6.07, 6.45) is 23.5. The Labute approximate surface area is 230 Å². The molecule has 1 rings (SSSR count). The lowest BCUT2D eigenvalue weighted by atomic mass is 9.81. The van der Waals surface area contributed by atoms with Crippen molar-refractivity contribution >= 4 is 23.8 Å². The van der Waals surface area contributed by atoms with E-state index in [9.17, 15) is 19.2 Å². The molecular weight excluding hydrogens is 484 g/mol. The normalized spacial score (nSPS) is 17.2. The second-order valence-electron chi connectivity index (χ2n) is 11.2. The lowest BCUT2D eigenvalue weighted by Gasteiger charge is -2.27. The Balaban J connectivity index is 1.82. The van der Waals surface area contributed by atoms with Gasteiger partial charge in [-0.3, -0.25) is 19.2 Å². The second kappa shape index (κ2) is 22.8. The van der Waals surface area contributed by atoms with Gasteiger partial charge in [0, 0.05) is 25.3 Å². The first kappa shape index (κ1) is 33.9. The molecule has 0 atom stereocenters. The van der Waals surface area contributed by atoms with Crippen LogP contribution in [0.1, 0.15) is 141 Å². The van der Waals surface area contributed by atoms with Gasteiger partial charge in [0.1, 0.15) is 6.54 Å². The third kappa shape index (κ3) is 19.9. The summed E-state index contributed by atoms with van der Waals surface area (Å²) in [6.45, 7) is 0.355. The number of aliphatic carboxylic acids is 2. The van der Waals surface area contributed by atoms with E-state index in [0.29, 0.717) is 25.3 Å². The van der Waals surface area contributed by atoms with Crippen molar-refractivity contribution in [2.24, 2.45) is 11.8 Å². The van der Waals surface area contributed by atoms with Crippen LogP contribution >= 0.6 is 0 Å². The number of carbonyl (C=O) groups excluding carboxylic acids is 2. The van der Waals surface area contributed by atoms with Gasteiger partial charge in [-0.1, -0.05) is 89.9 Å². The maximum atomic E-state index is 12.1. The molecule has 0 radical (unpaired) electrons. The molecule has 0 saturated heterocycles. The third-order valence-corrected chi connectivity index (χ3v) is 7.76. The van der Waals surface area contributed by atoms with Crippen molar-refractivity contribution in [1.29, 1.82) is 0 Å². The number of rotatable bonds is 24. The minimum Gasteiger partial charge on any atom is -0.481 e. The van der Waals surface area contributed by atoms with Gasteiger partial charge in [0.25, 0.3) is 0 Å². The lowest BCUT2D eigenvalue weighted by molar-refractivity contribution is -0.139. The zero-order valence-electron chi connectivity index (χ0n) is 23.7. The van der Waals surface area contributed by atoms with Crippen molar-refractivity contribution in [2.75, 3.05) is 13.1 Å². The topological polar surface area (TPSA) is 133 Å². The molecule has 0 unspecified atom stereocenters. The predicted octanol–water partition coefficient (Wildman–Crippen LogP) is 6.22. The third-order valence-electron chi connectivity index (χ3n) is 7.76. The van der Waals surface area contributed by atoms with Crippen LogP contribution in [0.15, 0.2) is 0 Å². The Bertz CT molecular complexity index is 661. The fourth-order valence-electron chi connectivity index (χ4n) is 5.32. The molecule has 0 aromatic heterocycles. The number of hydrogen-bond donors (Lipinski definition) is 4. The van der Waals surface area contributed by atoms with Crippen molar-refractivity contribution < 1.29 is 29.4 Å². The molecule has 0 heterocycles. The summed E-state index contributed by atoms with van der Waals surface area (Å²) in [5, 5.41) is 22.8. The van der Waals surface area contributed by atoms with Crippen molar-refractivity contribution in [3.8, 4) is 0 Å². The van der Waals surface area contributed by atoms with E-state index in [2.05, 4.69) is 10.6 Å². The Kier molecular flexibility index (Phi) is 20.4. The molecule has 0 aromatic carbocycles. The number of carbonyl (C=O) groups is 4. The molecule has 1 aliphatic carbocycles. The van der Waals surface area contributed by atoms with Crippen molar-refractivity contribution in [3.05, 3.63) is 0 Å². The molecule has 8 nitrogen and oxygen atoms in total. The number of carboxylic acid groups (broad SMARTS) is 2. The molecule has 0 aromatic rings. The molecule has 8 heteroatoms. The van der Waals surface area contributed by atoms with Crippen LogP contribution in [-0.2, 0) is 19.2 Å². The number of amides is 2. The predicted molar refractivity (Wildman–Crippen MR) is 150 cm³/mol. The lowest BCUT2D eigenvalue weighted by Crippen LogP contribution is -2.38. The van der Waals surface area contributed by atoms with Gasteiger partial charge < -0.3 is 20.8 Å². The van der Waals surface area contributed by atoms with Crippen LogP contribution < -0.4 is 10.6 Å². The smallest absolute Gasteiger partial charge is 0.322 e.